The first-order valence-electron chi connectivity index (χ1n) is 5.47. The summed E-state index contributed by atoms with van der Waals surface area (Å²) in [5.74, 6) is -1.11. The second kappa shape index (κ2) is 3.58. The average Bonchev–Trinajstić information content (AvgIpc) is 2.41. The van der Waals surface area contributed by atoms with Crippen molar-refractivity contribution < 1.29 is 14.7 Å². The minimum absolute atomic E-state index is 0.152. The van der Waals surface area contributed by atoms with E-state index in [9.17, 15) is 9.59 Å². The summed E-state index contributed by atoms with van der Waals surface area (Å²) in [5.41, 5.74) is 1.71. The van der Waals surface area contributed by atoms with E-state index < -0.39 is 11.4 Å². The van der Waals surface area contributed by atoms with Gasteiger partial charge in [-0.3, -0.25) is 9.59 Å². The van der Waals surface area contributed by atoms with Gasteiger partial charge in [-0.1, -0.05) is 17.7 Å². The van der Waals surface area contributed by atoms with Gasteiger partial charge in [0.2, 0.25) is 5.91 Å². The molecule has 0 spiro atoms. The van der Waals surface area contributed by atoms with Crippen LogP contribution in [0.1, 0.15) is 24.5 Å². The van der Waals surface area contributed by atoms with Gasteiger partial charge in [0.05, 0.1) is 11.8 Å². The number of rotatable bonds is 2. The molecule has 0 saturated heterocycles. The maximum atomic E-state index is 12.2. The van der Waals surface area contributed by atoms with Gasteiger partial charge in [0.1, 0.15) is 0 Å². The van der Waals surface area contributed by atoms with Crippen molar-refractivity contribution in [2.45, 2.75) is 25.7 Å². The Morgan fingerprint density at radius 1 is 1.47 bits per heavy atom. The number of anilines is 1. The van der Waals surface area contributed by atoms with E-state index in [0.717, 1.165) is 16.8 Å². The molecular formula is C13H15NO3. The summed E-state index contributed by atoms with van der Waals surface area (Å²) in [7, 11) is 1.68. The summed E-state index contributed by atoms with van der Waals surface area (Å²) in [6.07, 6.45) is -0.174. The van der Waals surface area contributed by atoms with E-state index >= 15 is 0 Å². The van der Waals surface area contributed by atoms with Crippen molar-refractivity contribution in [1.82, 2.24) is 0 Å². The fourth-order valence-corrected chi connectivity index (χ4v) is 2.45. The van der Waals surface area contributed by atoms with Gasteiger partial charge in [-0.05, 0) is 25.5 Å². The van der Waals surface area contributed by atoms with Crippen LogP contribution in [0, 0.1) is 6.92 Å². The molecular weight excluding hydrogens is 218 g/mol. The monoisotopic (exact) mass is 233 g/mol. The minimum Gasteiger partial charge on any atom is -0.481 e. The van der Waals surface area contributed by atoms with Crippen LogP contribution >= 0.6 is 0 Å². The number of likely N-dealkylation sites (N-methyl/N-ethyl adjacent to an activating group) is 1. The molecule has 90 valence electrons. The van der Waals surface area contributed by atoms with Crippen molar-refractivity contribution in [1.29, 1.82) is 0 Å². The first kappa shape index (κ1) is 11.6. The molecule has 1 N–H and O–H groups in total. The first-order valence-corrected chi connectivity index (χ1v) is 5.47. The lowest BCUT2D eigenvalue weighted by molar-refractivity contribution is -0.140. The van der Waals surface area contributed by atoms with Crippen molar-refractivity contribution in [3.63, 3.8) is 0 Å². The zero-order valence-electron chi connectivity index (χ0n) is 10.2. The average molecular weight is 233 g/mol. The molecule has 1 aromatic rings. The highest BCUT2D eigenvalue weighted by Gasteiger charge is 2.47. The van der Waals surface area contributed by atoms with Crippen molar-refractivity contribution in [2.75, 3.05) is 11.9 Å². The molecule has 2 rings (SSSR count). The molecule has 0 aliphatic carbocycles. The lowest BCUT2D eigenvalue weighted by atomic mass is 9.80. The van der Waals surface area contributed by atoms with Crippen LogP contribution in [0.2, 0.25) is 0 Å². The van der Waals surface area contributed by atoms with E-state index in [2.05, 4.69) is 0 Å². The second-order valence-electron chi connectivity index (χ2n) is 4.79. The first-order chi connectivity index (χ1) is 7.86. The van der Waals surface area contributed by atoms with Crippen molar-refractivity contribution >= 4 is 17.6 Å². The summed E-state index contributed by atoms with van der Waals surface area (Å²) < 4.78 is 0. The van der Waals surface area contributed by atoms with Gasteiger partial charge >= 0.3 is 5.97 Å². The number of hydrogen-bond acceptors (Lipinski definition) is 2. The number of hydrogen-bond donors (Lipinski definition) is 1. The van der Waals surface area contributed by atoms with Crippen LogP contribution in [0.5, 0.6) is 0 Å². The Labute approximate surface area is 99.9 Å². The largest absolute Gasteiger partial charge is 0.481 e. The Morgan fingerprint density at radius 3 is 2.71 bits per heavy atom. The molecule has 0 bridgehead atoms. The zero-order chi connectivity index (χ0) is 12.8. The van der Waals surface area contributed by atoms with Crippen LogP contribution in [0.3, 0.4) is 0 Å². The number of fused-ring (bicyclic) bond motifs is 1. The number of aryl methyl sites for hydroxylation is 1. The van der Waals surface area contributed by atoms with Gasteiger partial charge in [-0.25, -0.2) is 0 Å². The highest BCUT2D eigenvalue weighted by atomic mass is 16.4. The molecule has 1 aromatic carbocycles. The van der Waals surface area contributed by atoms with Gasteiger partial charge in [0, 0.05) is 12.7 Å². The number of carbonyl (C=O) groups is 2. The molecule has 1 unspecified atom stereocenters. The number of amides is 1. The Hall–Kier alpha value is -1.84. The third kappa shape index (κ3) is 1.60. The predicted molar refractivity (Wildman–Crippen MR) is 64.2 cm³/mol. The van der Waals surface area contributed by atoms with Gasteiger partial charge in [0.15, 0.2) is 0 Å². The molecule has 17 heavy (non-hydrogen) atoms. The smallest absolute Gasteiger partial charge is 0.304 e. The Kier molecular flexibility index (Phi) is 2.45. The lowest BCUT2D eigenvalue weighted by Crippen LogP contribution is -2.37. The predicted octanol–water partition coefficient (Wildman–Crippen LogP) is 1.70. The van der Waals surface area contributed by atoms with Crippen molar-refractivity contribution in [3.05, 3.63) is 29.3 Å². The molecule has 1 atom stereocenters. The highest BCUT2D eigenvalue weighted by Crippen LogP contribution is 2.43. The summed E-state index contributed by atoms with van der Waals surface area (Å²) in [5, 5.41) is 8.97. The molecule has 0 saturated carbocycles. The molecule has 1 heterocycles. The van der Waals surface area contributed by atoms with E-state index in [-0.39, 0.29) is 12.3 Å². The minimum atomic E-state index is -0.955. The van der Waals surface area contributed by atoms with Gasteiger partial charge in [0.25, 0.3) is 0 Å². The zero-order valence-corrected chi connectivity index (χ0v) is 10.2. The summed E-state index contributed by atoms with van der Waals surface area (Å²) in [6, 6.07) is 5.70. The molecule has 0 radical (unpaired) electrons. The van der Waals surface area contributed by atoms with E-state index in [1.807, 2.05) is 25.1 Å². The van der Waals surface area contributed by atoms with E-state index in [1.54, 1.807) is 14.0 Å². The fourth-order valence-electron chi connectivity index (χ4n) is 2.45. The molecule has 1 aliphatic heterocycles. The van der Waals surface area contributed by atoms with Crippen molar-refractivity contribution in [3.8, 4) is 0 Å². The molecule has 1 aliphatic rings. The van der Waals surface area contributed by atoms with E-state index in [4.69, 9.17) is 5.11 Å². The fraction of sp³-hybridized carbons (Fsp3) is 0.385. The quantitative estimate of drug-likeness (QED) is 0.845. The number of nitrogens with zero attached hydrogens (tertiary/aromatic N) is 1. The van der Waals surface area contributed by atoms with Crippen LogP contribution in [-0.4, -0.2) is 24.0 Å². The number of aliphatic carboxylic acids is 1. The summed E-state index contributed by atoms with van der Waals surface area (Å²) >= 11 is 0. The Bertz CT molecular complexity index is 509. The molecule has 4 heteroatoms. The standard InChI is InChI=1S/C13H15NO3/c1-8-4-5-10-9(6-8)13(2,7-11(15)16)12(17)14(10)3/h4-6H,7H2,1-3H3,(H,15,16). The molecule has 0 aromatic heterocycles. The number of carboxylic acids is 1. The van der Waals surface area contributed by atoms with Crippen LogP contribution in [-0.2, 0) is 15.0 Å². The van der Waals surface area contributed by atoms with Crippen LogP contribution < -0.4 is 4.90 Å². The third-order valence-electron chi connectivity index (χ3n) is 3.39. The maximum absolute atomic E-state index is 12.2. The Morgan fingerprint density at radius 2 is 2.12 bits per heavy atom. The SMILES string of the molecule is Cc1ccc2c(c1)C(C)(CC(=O)O)C(=O)N2C. The topological polar surface area (TPSA) is 57.6 Å². The van der Waals surface area contributed by atoms with E-state index in [1.165, 1.54) is 4.90 Å². The lowest BCUT2D eigenvalue weighted by Gasteiger charge is -2.20. The molecule has 0 fully saturated rings. The van der Waals surface area contributed by atoms with Crippen molar-refractivity contribution in [2.24, 2.45) is 0 Å². The number of benzene rings is 1. The van der Waals surface area contributed by atoms with Gasteiger partial charge in [-0.2, -0.15) is 0 Å². The summed E-state index contributed by atoms with van der Waals surface area (Å²) in [6.45, 7) is 3.63. The summed E-state index contributed by atoms with van der Waals surface area (Å²) in [4.78, 5) is 24.7. The van der Waals surface area contributed by atoms with E-state index in [0.29, 0.717) is 0 Å². The van der Waals surface area contributed by atoms with Crippen LogP contribution in [0.25, 0.3) is 0 Å². The van der Waals surface area contributed by atoms with Crippen LogP contribution in [0.15, 0.2) is 18.2 Å². The Balaban J connectivity index is 2.60. The second-order valence-corrected chi connectivity index (χ2v) is 4.79. The molecule has 4 nitrogen and oxygen atoms in total. The normalized spacial score (nSPS) is 22.8. The van der Waals surface area contributed by atoms with Gasteiger partial charge < -0.3 is 10.0 Å². The highest BCUT2D eigenvalue weighted by molar-refractivity contribution is 6.09. The number of carboxylic acid groups (broad SMARTS) is 1. The third-order valence-corrected chi connectivity index (χ3v) is 3.39. The van der Waals surface area contributed by atoms with Crippen LogP contribution in [0.4, 0.5) is 5.69 Å². The molecule has 1 amide bonds. The van der Waals surface area contributed by atoms with Gasteiger partial charge in [-0.15, -0.1) is 0 Å². The number of carbonyl (C=O) groups excluding carboxylic acids is 1. The maximum Gasteiger partial charge on any atom is 0.304 e.